The van der Waals surface area contributed by atoms with Gasteiger partial charge in [0.15, 0.2) is 0 Å². The molecule has 4 nitrogen and oxygen atoms in total. The average molecular weight is 314 g/mol. The largest absolute Gasteiger partial charge is 0.393 e. The molecule has 2 aromatic carbocycles. The predicted octanol–water partition coefficient (Wildman–Crippen LogP) is 3.61. The first-order valence-corrected chi connectivity index (χ1v) is 8.17. The van der Waals surface area contributed by atoms with Crippen molar-refractivity contribution in [2.75, 3.05) is 6.54 Å². The number of urea groups is 1. The fourth-order valence-electron chi connectivity index (χ4n) is 2.74. The fourth-order valence-corrected chi connectivity index (χ4v) is 2.74. The van der Waals surface area contributed by atoms with Crippen LogP contribution in [0.1, 0.15) is 38.8 Å². The Kier molecular flexibility index (Phi) is 5.99. The van der Waals surface area contributed by atoms with Crippen LogP contribution >= 0.6 is 0 Å². The van der Waals surface area contributed by atoms with Gasteiger partial charge in [-0.05, 0) is 48.6 Å². The van der Waals surface area contributed by atoms with Crippen LogP contribution in [0.15, 0.2) is 42.5 Å². The molecule has 0 aliphatic carbocycles. The highest BCUT2D eigenvalue weighted by Gasteiger charge is 2.12. The van der Waals surface area contributed by atoms with E-state index in [0.717, 1.165) is 5.56 Å². The minimum absolute atomic E-state index is 0.0633. The zero-order valence-corrected chi connectivity index (χ0v) is 14.0. The second-order valence-electron chi connectivity index (χ2n) is 6.37. The standard InChI is InChI=1S/C19H26N2O2/c1-13(10-14(2)22)12-20-19(23)21-15(3)17-9-8-16-6-4-5-7-18(16)11-17/h4-9,11,13-15,22H,10,12H2,1-3H3,(H2,20,21,23). The highest BCUT2D eigenvalue weighted by molar-refractivity contribution is 5.83. The van der Waals surface area contributed by atoms with Crippen molar-refractivity contribution in [3.8, 4) is 0 Å². The molecule has 0 saturated heterocycles. The molecule has 0 aliphatic heterocycles. The molecule has 0 aliphatic rings. The van der Waals surface area contributed by atoms with Crippen LogP contribution in [-0.2, 0) is 0 Å². The first kappa shape index (κ1) is 17.3. The van der Waals surface area contributed by atoms with Crippen LogP contribution in [0.2, 0.25) is 0 Å². The summed E-state index contributed by atoms with van der Waals surface area (Å²) in [4.78, 5) is 12.0. The number of amides is 2. The Balaban J connectivity index is 1.89. The first-order valence-electron chi connectivity index (χ1n) is 8.17. The summed E-state index contributed by atoms with van der Waals surface area (Å²) in [6, 6.07) is 14.2. The summed E-state index contributed by atoms with van der Waals surface area (Å²) >= 11 is 0. The van der Waals surface area contributed by atoms with E-state index in [4.69, 9.17) is 0 Å². The summed E-state index contributed by atoms with van der Waals surface area (Å²) in [5, 5.41) is 17.5. The summed E-state index contributed by atoms with van der Waals surface area (Å²) < 4.78 is 0. The Morgan fingerprint density at radius 2 is 1.78 bits per heavy atom. The third kappa shape index (κ3) is 5.25. The van der Waals surface area contributed by atoms with Gasteiger partial charge in [-0.1, -0.05) is 43.3 Å². The Bertz CT molecular complexity index is 655. The number of carbonyl (C=O) groups excluding carboxylic acids is 1. The van der Waals surface area contributed by atoms with Crippen LogP contribution in [0, 0.1) is 5.92 Å². The van der Waals surface area contributed by atoms with Crippen LogP contribution in [0.5, 0.6) is 0 Å². The molecule has 0 saturated carbocycles. The molecule has 2 amide bonds. The van der Waals surface area contributed by atoms with E-state index in [9.17, 15) is 9.90 Å². The van der Waals surface area contributed by atoms with Crippen molar-refractivity contribution in [3.63, 3.8) is 0 Å². The van der Waals surface area contributed by atoms with Crippen molar-refractivity contribution < 1.29 is 9.90 Å². The molecule has 2 aromatic rings. The van der Waals surface area contributed by atoms with Gasteiger partial charge in [-0.3, -0.25) is 0 Å². The van der Waals surface area contributed by atoms with Gasteiger partial charge in [0.1, 0.15) is 0 Å². The molecule has 2 rings (SSSR count). The molecule has 23 heavy (non-hydrogen) atoms. The molecule has 3 N–H and O–H groups in total. The molecule has 0 bridgehead atoms. The van der Waals surface area contributed by atoms with E-state index in [1.807, 2.05) is 32.0 Å². The highest BCUT2D eigenvalue weighted by Crippen LogP contribution is 2.20. The number of aliphatic hydroxyl groups is 1. The molecule has 0 aromatic heterocycles. The summed E-state index contributed by atoms with van der Waals surface area (Å²) in [7, 11) is 0. The van der Waals surface area contributed by atoms with Gasteiger partial charge >= 0.3 is 6.03 Å². The van der Waals surface area contributed by atoms with E-state index in [1.54, 1.807) is 6.92 Å². The first-order chi connectivity index (χ1) is 11.0. The van der Waals surface area contributed by atoms with Crippen LogP contribution in [-0.4, -0.2) is 23.8 Å². The number of aliphatic hydroxyl groups excluding tert-OH is 1. The Labute approximate surface area is 137 Å². The number of nitrogens with one attached hydrogen (secondary N) is 2. The molecule has 124 valence electrons. The summed E-state index contributed by atoms with van der Waals surface area (Å²) in [5.74, 6) is 0.247. The Morgan fingerprint density at radius 3 is 2.48 bits per heavy atom. The maximum absolute atomic E-state index is 12.0. The molecular weight excluding hydrogens is 288 g/mol. The number of benzene rings is 2. The third-order valence-electron chi connectivity index (χ3n) is 3.98. The minimum Gasteiger partial charge on any atom is -0.393 e. The number of fused-ring (bicyclic) bond motifs is 1. The maximum atomic E-state index is 12.0. The molecule has 4 heteroatoms. The van der Waals surface area contributed by atoms with Crippen LogP contribution in [0.25, 0.3) is 10.8 Å². The molecule has 3 unspecified atom stereocenters. The average Bonchev–Trinajstić information content (AvgIpc) is 2.51. The topological polar surface area (TPSA) is 61.4 Å². The SMILES string of the molecule is CC(O)CC(C)CNC(=O)NC(C)c1ccc2ccccc2c1. The van der Waals surface area contributed by atoms with Gasteiger partial charge in [-0.15, -0.1) is 0 Å². The second kappa shape index (κ2) is 7.97. The fraction of sp³-hybridized carbons (Fsp3) is 0.421. The lowest BCUT2D eigenvalue weighted by atomic mass is 10.0. The van der Waals surface area contributed by atoms with Gasteiger partial charge in [0.25, 0.3) is 0 Å². The van der Waals surface area contributed by atoms with Gasteiger partial charge in [0.05, 0.1) is 12.1 Å². The van der Waals surface area contributed by atoms with Crippen molar-refractivity contribution in [3.05, 3.63) is 48.0 Å². The van der Waals surface area contributed by atoms with Crippen LogP contribution < -0.4 is 10.6 Å². The van der Waals surface area contributed by atoms with Crippen molar-refractivity contribution in [1.29, 1.82) is 0 Å². The van der Waals surface area contributed by atoms with E-state index >= 15 is 0 Å². The van der Waals surface area contributed by atoms with E-state index in [-0.39, 0.29) is 24.1 Å². The second-order valence-corrected chi connectivity index (χ2v) is 6.37. The normalized spacial score (nSPS) is 15.0. The number of rotatable bonds is 6. The van der Waals surface area contributed by atoms with Crippen LogP contribution in [0.4, 0.5) is 4.79 Å². The van der Waals surface area contributed by atoms with Crippen molar-refractivity contribution >= 4 is 16.8 Å². The lowest BCUT2D eigenvalue weighted by Gasteiger charge is -2.18. The number of hydrogen-bond donors (Lipinski definition) is 3. The lowest BCUT2D eigenvalue weighted by Crippen LogP contribution is -2.39. The van der Waals surface area contributed by atoms with E-state index in [0.29, 0.717) is 13.0 Å². The number of carbonyl (C=O) groups is 1. The van der Waals surface area contributed by atoms with E-state index in [2.05, 4.69) is 34.9 Å². The van der Waals surface area contributed by atoms with Gasteiger partial charge in [-0.2, -0.15) is 0 Å². The summed E-state index contributed by atoms with van der Waals surface area (Å²) in [6.07, 6.45) is 0.340. The van der Waals surface area contributed by atoms with Gasteiger partial charge < -0.3 is 15.7 Å². The molecule has 0 radical (unpaired) electrons. The van der Waals surface area contributed by atoms with Gasteiger partial charge in [0.2, 0.25) is 0 Å². The molecule has 3 atom stereocenters. The predicted molar refractivity (Wildman–Crippen MR) is 94.4 cm³/mol. The van der Waals surface area contributed by atoms with E-state index in [1.165, 1.54) is 10.8 Å². The zero-order chi connectivity index (χ0) is 16.8. The van der Waals surface area contributed by atoms with Crippen molar-refractivity contribution in [2.24, 2.45) is 5.92 Å². The maximum Gasteiger partial charge on any atom is 0.315 e. The van der Waals surface area contributed by atoms with Crippen molar-refractivity contribution in [2.45, 2.75) is 39.3 Å². The third-order valence-corrected chi connectivity index (χ3v) is 3.98. The van der Waals surface area contributed by atoms with E-state index < -0.39 is 0 Å². The zero-order valence-electron chi connectivity index (χ0n) is 14.0. The Morgan fingerprint density at radius 1 is 1.09 bits per heavy atom. The monoisotopic (exact) mass is 314 g/mol. The minimum atomic E-state index is -0.341. The molecule has 0 heterocycles. The van der Waals surface area contributed by atoms with Crippen molar-refractivity contribution in [1.82, 2.24) is 10.6 Å². The summed E-state index contributed by atoms with van der Waals surface area (Å²) in [5.41, 5.74) is 1.08. The van der Waals surface area contributed by atoms with Gasteiger partial charge in [0, 0.05) is 6.54 Å². The number of hydrogen-bond acceptors (Lipinski definition) is 2. The quantitative estimate of drug-likeness (QED) is 0.763. The van der Waals surface area contributed by atoms with Crippen LogP contribution in [0.3, 0.4) is 0 Å². The molecule has 0 spiro atoms. The lowest BCUT2D eigenvalue weighted by molar-refractivity contribution is 0.163. The smallest absolute Gasteiger partial charge is 0.315 e. The highest BCUT2D eigenvalue weighted by atomic mass is 16.3. The van der Waals surface area contributed by atoms with Gasteiger partial charge in [-0.25, -0.2) is 4.79 Å². The summed E-state index contributed by atoms with van der Waals surface area (Å²) in [6.45, 7) is 6.31. The molecular formula is C19H26N2O2. The molecule has 0 fully saturated rings. The Hall–Kier alpha value is -2.07.